The maximum atomic E-state index is 12.5. The van der Waals surface area contributed by atoms with Gasteiger partial charge in [-0.05, 0) is 38.5 Å². The molecule has 39 heavy (non-hydrogen) atoms. The maximum Gasteiger partial charge on any atom is 0.306 e. The largest absolute Gasteiger partial charge is 0.481 e. The van der Waals surface area contributed by atoms with E-state index in [1.807, 2.05) is 0 Å². The summed E-state index contributed by atoms with van der Waals surface area (Å²) in [6, 6.07) is 0. The van der Waals surface area contributed by atoms with Crippen molar-refractivity contribution in [1.29, 1.82) is 0 Å². The fourth-order valence-corrected chi connectivity index (χ4v) is 5.48. The van der Waals surface area contributed by atoms with Crippen LogP contribution in [-0.2, 0) is 14.3 Å². The molecule has 0 fully saturated rings. The van der Waals surface area contributed by atoms with Crippen LogP contribution in [0.3, 0.4) is 0 Å². The van der Waals surface area contributed by atoms with Gasteiger partial charge in [-0.2, -0.15) is 0 Å². The Bertz CT molecular complexity index is 519. The van der Waals surface area contributed by atoms with Gasteiger partial charge in [0, 0.05) is 12.8 Å². The number of unbranched alkanes of at least 4 members (excludes halogenated alkanes) is 23. The van der Waals surface area contributed by atoms with Crippen LogP contribution in [0.15, 0.2) is 0 Å². The summed E-state index contributed by atoms with van der Waals surface area (Å²) in [7, 11) is 0. The highest BCUT2D eigenvalue weighted by molar-refractivity contribution is 5.69. The highest BCUT2D eigenvalue weighted by atomic mass is 16.5. The van der Waals surface area contributed by atoms with Crippen molar-refractivity contribution < 1.29 is 19.4 Å². The molecule has 0 spiro atoms. The summed E-state index contributed by atoms with van der Waals surface area (Å²) >= 11 is 0. The van der Waals surface area contributed by atoms with Crippen LogP contribution in [0.1, 0.15) is 206 Å². The lowest BCUT2D eigenvalue weighted by Crippen LogP contribution is -2.18. The van der Waals surface area contributed by atoms with Crippen molar-refractivity contribution in [2.75, 3.05) is 0 Å². The van der Waals surface area contributed by atoms with Gasteiger partial charge < -0.3 is 9.84 Å². The van der Waals surface area contributed by atoms with E-state index >= 15 is 0 Å². The van der Waals surface area contributed by atoms with E-state index in [1.54, 1.807) is 0 Å². The van der Waals surface area contributed by atoms with Crippen LogP contribution >= 0.6 is 0 Å². The van der Waals surface area contributed by atoms with Crippen LogP contribution < -0.4 is 0 Å². The second-order valence-corrected chi connectivity index (χ2v) is 12.1. The summed E-state index contributed by atoms with van der Waals surface area (Å²) in [5.41, 5.74) is 0. The van der Waals surface area contributed by atoms with Gasteiger partial charge in [-0.25, -0.2) is 0 Å². The Morgan fingerprint density at radius 2 is 0.769 bits per heavy atom. The van der Waals surface area contributed by atoms with Gasteiger partial charge in [-0.1, -0.05) is 155 Å². The van der Waals surface area contributed by atoms with Crippen molar-refractivity contribution in [3.63, 3.8) is 0 Å². The zero-order valence-corrected chi connectivity index (χ0v) is 26.5. The molecule has 0 heterocycles. The molecule has 1 atom stereocenters. The molecule has 0 bridgehead atoms. The van der Waals surface area contributed by atoms with E-state index in [9.17, 15) is 9.59 Å². The molecule has 0 radical (unpaired) electrons. The SMILES string of the molecule is CCCCCCCCCCCCCCCCC(=O)OC(CCCCCCCCCCC)CCCCCC(=O)O. The predicted octanol–water partition coefficient (Wildman–Crippen LogP) is 11.7. The Balaban J connectivity index is 3.89. The van der Waals surface area contributed by atoms with Crippen molar-refractivity contribution in [2.45, 2.75) is 213 Å². The second-order valence-electron chi connectivity index (χ2n) is 12.1. The molecule has 0 amide bonds. The third kappa shape index (κ3) is 31.3. The van der Waals surface area contributed by atoms with Gasteiger partial charge in [-0.15, -0.1) is 0 Å². The number of carboxylic acid groups (broad SMARTS) is 1. The molecule has 0 aliphatic carbocycles. The highest BCUT2D eigenvalue weighted by Crippen LogP contribution is 2.19. The molecule has 0 aliphatic rings. The first kappa shape index (κ1) is 37.9. The summed E-state index contributed by atoms with van der Waals surface area (Å²) in [5.74, 6) is -0.749. The summed E-state index contributed by atoms with van der Waals surface area (Å²) < 4.78 is 5.91. The molecular weight excluding hydrogens is 484 g/mol. The summed E-state index contributed by atoms with van der Waals surface area (Å²) in [5, 5.41) is 8.84. The first-order valence-corrected chi connectivity index (χ1v) is 17.5. The standard InChI is InChI=1S/C35H68O4/c1-3-5-7-9-11-13-14-15-16-17-19-21-23-28-32-35(38)39-33(30-26-24-27-31-34(36)37)29-25-22-20-18-12-10-8-6-4-2/h33H,3-32H2,1-2H3,(H,36,37). The number of hydrogen-bond donors (Lipinski definition) is 1. The number of carbonyl (C=O) groups excluding carboxylic acids is 1. The van der Waals surface area contributed by atoms with Gasteiger partial charge in [0.25, 0.3) is 0 Å². The first-order valence-electron chi connectivity index (χ1n) is 17.5. The van der Waals surface area contributed by atoms with Crippen molar-refractivity contribution in [1.82, 2.24) is 0 Å². The lowest BCUT2D eigenvalue weighted by molar-refractivity contribution is -0.150. The van der Waals surface area contributed by atoms with E-state index in [0.717, 1.165) is 44.9 Å². The first-order chi connectivity index (χ1) is 19.1. The topological polar surface area (TPSA) is 63.6 Å². The number of esters is 1. The summed E-state index contributed by atoms with van der Waals surface area (Å²) in [4.78, 5) is 23.3. The second kappa shape index (κ2) is 31.5. The van der Waals surface area contributed by atoms with E-state index < -0.39 is 5.97 Å². The molecule has 0 aromatic rings. The van der Waals surface area contributed by atoms with Crippen molar-refractivity contribution in [2.24, 2.45) is 0 Å². The molecule has 0 rings (SSSR count). The Hall–Kier alpha value is -1.06. The minimum absolute atomic E-state index is 0.0125. The number of rotatable bonds is 32. The third-order valence-corrected chi connectivity index (χ3v) is 8.08. The van der Waals surface area contributed by atoms with Gasteiger partial charge in [0.2, 0.25) is 0 Å². The average molecular weight is 553 g/mol. The minimum atomic E-state index is -0.721. The molecule has 4 heteroatoms. The molecule has 232 valence electrons. The van der Waals surface area contributed by atoms with Crippen LogP contribution in [0.25, 0.3) is 0 Å². The quantitative estimate of drug-likeness (QED) is 0.0665. The zero-order chi connectivity index (χ0) is 28.7. The van der Waals surface area contributed by atoms with Crippen LogP contribution in [0, 0.1) is 0 Å². The number of aliphatic carboxylic acids is 1. The zero-order valence-electron chi connectivity index (χ0n) is 26.5. The Kier molecular flexibility index (Phi) is 30.6. The molecule has 4 nitrogen and oxygen atoms in total. The van der Waals surface area contributed by atoms with Crippen LogP contribution in [0.5, 0.6) is 0 Å². The maximum absolute atomic E-state index is 12.5. The number of carbonyl (C=O) groups is 2. The summed E-state index contributed by atoms with van der Waals surface area (Å²) in [6.45, 7) is 4.54. The fraction of sp³-hybridized carbons (Fsp3) is 0.943. The van der Waals surface area contributed by atoms with Crippen LogP contribution in [0.4, 0.5) is 0 Å². The molecular formula is C35H68O4. The smallest absolute Gasteiger partial charge is 0.306 e. The van der Waals surface area contributed by atoms with E-state index in [2.05, 4.69) is 13.8 Å². The monoisotopic (exact) mass is 553 g/mol. The van der Waals surface area contributed by atoms with Gasteiger partial charge in [0.15, 0.2) is 0 Å². The fourth-order valence-electron chi connectivity index (χ4n) is 5.48. The van der Waals surface area contributed by atoms with Crippen molar-refractivity contribution >= 4 is 11.9 Å². The normalized spacial score (nSPS) is 12.1. The lowest BCUT2D eigenvalue weighted by atomic mass is 10.0. The number of hydrogen-bond acceptors (Lipinski definition) is 3. The van der Waals surface area contributed by atoms with E-state index in [1.165, 1.54) is 128 Å². The molecule has 1 unspecified atom stereocenters. The molecule has 0 saturated carbocycles. The molecule has 0 aromatic heterocycles. The molecule has 1 N–H and O–H groups in total. The Labute approximate surface area is 243 Å². The lowest BCUT2D eigenvalue weighted by Gasteiger charge is -2.18. The minimum Gasteiger partial charge on any atom is -0.481 e. The van der Waals surface area contributed by atoms with E-state index in [-0.39, 0.29) is 18.5 Å². The average Bonchev–Trinajstić information content (AvgIpc) is 2.91. The number of carboxylic acids is 1. The molecule has 0 aliphatic heterocycles. The van der Waals surface area contributed by atoms with Gasteiger partial charge in [0.05, 0.1) is 0 Å². The molecule has 0 saturated heterocycles. The van der Waals surface area contributed by atoms with E-state index in [4.69, 9.17) is 9.84 Å². The van der Waals surface area contributed by atoms with Crippen molar-refractivity contribution in [3.8, 4) is 0 Å². The summed E-state index contributed by atoms with van der Waals surface area (Å²) in [6.07, 6.45) is 35.4. The van der Waals surface area contributed by atoms with Gasteiger partial charge in [-0.3, -0.25) is 9.59 Å². The van der Waals surface area contributed by atoms with Gasteiger partial charge >= 0.3 is 11.9 Å². The Morgan fingerprint density at radius 1 is 0.462 bits per heavy atom. The van der Waals surface area contributed by atoms with Crippen LogP contribution in [0.2, 0.25) is 0 Å². The van der Waals surface area contributed by atoms with Gasteiger partial charge in [0.1, 0.15) is 6.10 Å². The predicted molar refractivity (Wildman–Crippen MR) is 167 cm³/mol. The Morgan fingerprint density at radius 3 is 1.15 bits per heavy atom. The van der Waals surface area contributed by atoms with Crippen LogP contribution in [-0.4, -0.2) is 23.1 Å². The van der Waals surface area contributed by atoms with E-state index in [0.29, 0.717) is 12.8 Å². The third-order valence-electron chi connectivity index (χ3n) is 8.08. The number of ether oxygens (including phenoxy) is 1. The van der Waals surface area contributed by atoms with Crippen molar-refractivity contribution in [3.05, 3.63) is 0 Å². The highest BCUT2D eigenvalue weighted by Gasteiger charge is 2.14. The molecule has 0 aromatic carbocycles.